The van der Waals surface area contributed by atoms with E-state index in [1.807, 2.05) is 0 Å². The third-order valence-corrected chi connectivity index (χ3v) is 3.92. The van der Waals surface area contributed by atoms with E-state index in [2.05, 4.69) is 30.8 Å². The molecule has 0 aromatic carbocycles. The van der Waals surface area contributed by atoms with Gasteiger partial charge in [0.05, 0.1) is 5.41 Å². The van der Waals surface area contributed by atoms with Gasteiger partial charge in [-0.1, -0.05) is 13.3 Å². The third kappa shape index (κ3) is 4.25. The number of carboxylic acid groups (broad SMARTS) is 1. The van der Waals surface area contributed by atoms with Crippen molar-refractivity contribution in [2.24, 2.45) is 5.41 Å². The SMILES string of the molecule is CCCC1(C(=O)O)CCCN(CCCN(C)C)C1. The van der Waals surface area contributed by atoms with Crippen LogP contribution in [0, 0.1) is 5.41 Å². The van der Waals surface area contributed by atoms with Gasteiger partial charge in [0.1, 0.15) is 0 Å². The van der Waals surface area contributed by atoms with Gasteiger partial charge in [-0.05, 0) is 59.4 Å². The topological polar surface area (TPSA) is 43.8 Å². The van der Waals surface area contributed by atoms with Gasteiger partial charge in [0.25, 0.3) is 0 Å². The van der Waals surface area contributed by atoms with Gasteiger partial charge in [0.2, 0.25) is 0 Å². The Morgan fingerprint density at radius 3 is 2.72 bits per heavy atom. The van der Waals surface area contributed by atoms with E-state index in [9.17, 15) is 9.90 Å². The van der Waals surface area contributed by atoms with Crippen molar-refractivity contribution in [3.8, 4) is 0 Å². The fraction of sp³-hybridized carbons (Fsp3) is 0.929. The summed E-state index contributed by atoms with van der Waals surface area (Å²) in [6.45, 7) is 5.98. The molecule has 1 rings (SSSR count). The van der Waals surface area contributed by atoms with Gasteiger partial charge in [-0.25, -0.2) is 0 Å². The number of piperidine rings is 1. The van der Waals surface area contributed by atoms with E-state index < -0.39 is 11.4 Å². The maximum absolute atomic E-state index is 11.6. The molecule has 1 fully saturated rings. The minimum absolute atomic E-state index is 0.481. The summed E-state index contributed by atoms with van der Waals surface area (Å²) in [6.07, 6.45) is 4.76. The lowest BCUT2D eigenvalue weighted by Gasteiger charge is -2.40. The van der Waals surface area contributed by atoms with Gasteiger partial charge >= 0.3 is 5.97 Å². The van der Waals surface area contributed by atoms with Crippen LogP contribution in [0.1, 0.15) is 39.0 Å². The van der Waals surface area contributed by atoms with E-state index in [1.165, 1.54) is 0 Å². The van der Waals surface area contributed by atoms with Crippen molar-refractivity contribution in [2.45, 2.75) is 39.0 Å². The Hall–Kier alpha value is -0.610. The first-order valence-electron chi connectivity index (χ1n) is 7.10. The first-order chi connectivity index (χ1) is 8.50. The number of carboxylic acids is 1. The van der Waals surface area contributed by atoms with E-state index >= 15 is 0 Å². The highest BCUT2D eigenvalue weighted by Crippen LogP contribution is 2.35. The third-order valence-electron chi connectivity index (χ3n) is 3.92. The highest BCUT2D eigenvalue weighted by molar-refractivity contribution is 5.75. The molecule has 106 valence electrons. The Morgan fingerprint density at radius 2 is 2.17 bits per heavy atom. The molecule has 0 radical (unpaired) electrons. The molecule has 0 amide bonds. The number of likely N-dealkylation sites (tertiary alicyclic amines) is 1. The predicted molar refractivity (Wildman–Crippen MR) is 73.8 cm³/mol. The van der Waals surface area contributed by atoms with Crippen molar-refractivity contribution in [2.75, 3.05) is 40.3 Å². The van der Waals surface area contributed by atoms with Crippen molar-refractivity contribution < 1.29 is 9.90 Å². The van der Waals surface area contributed by atoms with Crippen LogP contribution in [0.5, 0.6) is 0 Å². The first kappa shape index (κ1) is 15.4. The molecule has 1 atom stereocenters. The fourth-order valence-electron chi connectivity index (χ4n) is 2.99. The molecule has 0 aromatic rings. The van der Waals surface area contributed by atoms with Crippen LogP contribution in [0.3, 0.4) is 0 Å². The van der Waals surface area contributed by atoms with Crippen LogP contribution < -0.4 is 0 Å². The number of nitrogens with zero attached hydrogens (tertiary/aromatic N) is 2. The maximum atomic E-state index is 11.6. The molecule has 0 saturated carbocycles. The minimum atomic E-state index is -0.596. The lowest BCUT2D eigenvalue weighted by molar-refractivity contribution is -0.153. The zero-order chi connectivity index (χ0) is 13.6. The van der Waals surface area contributed by atoms with Crippen molar-refractivity contribution in [1.29, 1.82) is 0 Å². The van der Waals surface area contributed by atoms with E-state index in [0.717, 1.165) is 58.3 Å². The zero-order valence-electron chi connectivity index (χ0n) is 12.1. The van der Waals surface area contributed by atoms with Gasteiger partial charge in [-0.2, -0.15) is 0 Å². The Balaban J connectivity index is 2.50. The monoisotopic (exact) mass is 256 g/mol. The molecule has 0 spiro atoms. The molecule has 1 N–H and O–H groups in total. The number of aliphatic carboxylic acids is 1. The highest BCUT2D eigenvalue weighted by atomic mass is 16.4. The largest absolute Gasteiger partial charge is 0.481 e. The maximum Gasteiger partial charge on any atom is 0.310 e. The molecule has 1 heterocycles. The molecule has 0 bridgehead atoms. The Labute approximate surface area is 111 Å². The number of hydrogen-bond donors (Lipinski definition) is 1. The molecule has 4 heteroatoms. The molecule has 4 nitrogen and oxygen atoms in total. The molecule has 0 aliphatic carbocycles. The van der Waals surface area contributed by atoms with Crippen molar-refractivity contribution >= 4 is 5.97 Å². The molecule has 18 heavy (non-hydrogen) atoms. The van der Waals surface area contributed by atoms with Gasteiger partial charge in [-0.15, -0.1) is 0 Å². The molecule has 1 saturated heterocycles. The number of rotatable bonds is 7. The van der Waals surface area contributed by atoms with Crippen molar-refractivity contribution in [3.05, 3.63) is 0 Å². The first-order valence-corrected chi connectivity index (χ1v) is 7.10. The molecule has 1 aliphatic rings. The van der Waals surface area contributed by atoms with Crippen LogP contribution >= 0.6 is 0 Å². The molecule has 1 unspecified atom stereocenters. The van der Waals surface area contributed by atoms with Crippen LogP contribution in [0.2, 0.25) is 0 Å². The van der Waals surface area contributed by atoms with Crippen LogP contribution in [0.4, 0.5) is 0 Å². The molecular formula is C14H28N2O2. The number of carbonyl (C=O) groups is 1. The second-order valence-electron chi connectivity index (χ2n) is 5.87. The summed E-state index contributed by atoms with van der Waals surface area (Å²) in [5.74, 6) is -0.596. The molecule has 1 aliphatic heterocycles. The van der Waals surface area contributed by atoms with E-state index in [4.69, 9.17) is 0 Å². The fourth-order valence-corrected chi connectivity index (χ4v) is 2.99. The van der Waals surface area contributed by atoms with Gasteiger partial charge in [0, 0.05) is 6.54 Å². The van der Waals surface area contributed by atoms with Crippen LogP contribution in [0.15, 0.2) is 0 Å². The quantitative estimate of drug-likeness (QED) is 0.755. The molecule has 0 aromatic heterocycles. The lowest BCUT2D eigenvalue weighted by atomic mass is 9.76. The van der Waals surface area contributed by atoms with Crippen LogP contribution in [-0.2, 0) is 4.79 Å². The summed E-state index contributed by atoms with van der Waals surface area (Å²) in [5.41, 5.74) is -0.481. The van der Waals surface area contributed by atoms with Gasteiger partial charge < -0.3 is 14.9 Å². The summed E-state index contributed by atoms with van der Waals surface area (Å²) < 4.78 is 0. The van der Waals surface area contributed by atoms with Crippen LogP contribution in [0.25, 0.3) is 0 Å². The minimum Gasteiger partial charge on any atom is -0.481 e. The van der Waals surface area contributed by atoms with E-state index in [0.29, 0.717) is 0 Å². The highest BCUT2D eigenvalue weighted by Gasteiger charge is 2.41. The average Bonchev–Trinajstić information content (AvgIpc) is 2.29. The summed E-state index contributed by atoms with van der Waals surface area (Å²) in [5, 5.41) is 9.52. The van der Waals surface area contributed by atoms with E-state index in [-0.39, 0.29) is 0 Å². The predicted octanol–water partition coefficient (Wildman–Crippen LogP) is 1.91. The summed E-state index contributed by atoms with van der Waals surface area (Å²) >= 11 is 0. The van der Waals surface area contributed by atoms with Gasteiger partial charge in [-0.3, -0.25) is 4.79 Å². The second kappa shape index (κ2) is 7.10. The van der Waals surface area contributed by atoms with Gasteiger partial charge in [0.15, 0.2) is 0 Å². The average molecular weight is 256 g/mol. The smallest absolute Gasteiger partial charge is 0.310 e. The zero-order valence-corrected chi connectivity index (χ0v) is 12.1. The summed E-state index contributed by atoms with van der Waals surface area (Å²) in [6, 6.07) is 0. The van der Waals surface area contributed by atoms with E-state index in [1.54, 1.807) is 0 Å². The van der Waals surface area contributed by atoms with Crippen molar-refractivity contribution in [1.82, 2.24) is 9.80 Å². The normalized spacial score (nSPS) is 25.6. The van der Waals surface area contributed by atoms with Crippen LogP contribution in [-0.4, -0.2) is 61.2 Å². The summed E-state index contributed by atoms with van der Waals surface area (Å²) in [7, 11) is 4.16. The Bertz CT molecular complexity index is 265. The summed E-state index contributed by atoms with van der Waals surface area (Å²) in [4.78, 5) is 16.1. The molecular weight excluding hydrogens is 228 g/mol. The standard InChI is InChI=1S/C14H28N2O2/c1-4-7-14(13(17)18)8-5-10-16(12-14)11-6-9-15(2)3/h4-12H2,1-3H3,(H,17,18). The second-order valence-corrected chi connectivity index (χ2v) is 5.87. The lowest BCUT2D eigenvalue weighted by Crippen LogP contribution is -2.48. The Kier molecular flexibility index (Phi) is 6.09. The Morgan fingerprint density at radius 1 is 1.44 bits per heavy atom. The number of hydrogen-bond acceptors (Lipinski definition) is 3. The van der Waals surface area contributed by atoms with Crippen molar-refractivity contribution in [3.63, 3.8) is 0 Å².